The Morgan fingerprint density at radius 1 is 1.05 bits per heavy atom. The van der Waals surface area contributed by atoms with Gasteiger partial charge in [0, 0.05) is 40.2 Å². The van der Waals surface area contributed by atoms with Gasteiger partial charge in [0.25, 0.3) is 0 Å². The number of carbonyl (C=O) groups excluding carboxylic acids is 1. The van der Waals surface area contributed by atoms with Gasteiger partial charge < -0.3 is 25.5 Å². The molecule has 0 saturated carbocycles. The van der Waals surface area contributed by atoms with Gasteiger partial charge in [0.05, 0.1) is 12.1 Å². The summed E-state index contributed by atoms with van der Waals surface area (Å²) in [6, 6.07) is 8.85. The molecule has 1 aliphatic heterocycles. The minimum atomic E-state index is -0.279. The molecule has 0 bridgehead atoms. The summed E-state index contributed by atoms with van der Waals surface area (Å²) in [7, 11) is 0. The Bertz CT molecular complexity index is 1420. The molecule has 4 N–H and O–H groups in total. The Balaban J connectivity index is 0.000000245. The molecule has 1 fully saturated rings. The molecule has 1 amide bonds. The highest BCUT2D eigenvalue weighted by atomic mass is 19.1. The number of phenols is 1. The van der Waals surface area contributed by atoms with E-state index in [1.165, 1.54) is 45.2 Å². The largest absolute Gasteiger partial charge is 0.504 e. The van der Waals surface area contributed by atoms with E-state index in [4.69, 9.17) is 10.5 Å². The first-order valence-corrected chi connectivity index (χ1v) is 15.5. The molecule has 0 aliphatic carbocycles. The molecule has 43 heavy (non-hydrogen) atoms. The third-order valence-electron chi connectivity index (χ3n) is 7.04. The van der Waals surface area contributed by atoms with Crippen molar-refractivity contribution in [1.29, 1.82) is 0 Å². The number of phenolic OH excluding ortho intramolecular Hbond substituents is 1. The first-order chi connectivity index (χ1) is 20.7. The van der Waals surface area contributed by atoms with Crippen LogP contribution in [0.1, 0.15) is 82.7 Å². The van der Waals surface area contributed by atoms with Crippen LogP contribution in [0.15, 0.2) is 36.7 Å². The Labute approximate surface area is 255 Å². The van der Waals surface area contributed by atoms with Crippen molar-refractivity contribution in [2.24, 2.45) is 5.73 Å². The fourth-order valence-electron chi connectivity index (χ4n) is 4.82. The second-order valence-electron chi connectivity index (χ2n) is 10.6. The van der Waals surface area contributed by atoms with Crippen molar-refractivity contribution in [3.8, 4) is 11.5 Å². The van der Waals surface area contributed by atoms with Crippen LogP contribution in [0.4, 0.5) is 4.39 Å². The fraction of sp³-hybridized carbons (Fsp3) is 0.500. The van der Waals surface area contributed by atoms with Crippen LogP contribution in [-0.2, 0) is 4.79 Å². The number of aromatic nitrogens is 3. The first-order valence-electron chi connectivity index (χ1n) is 15.5. The highest BCUT2D eigenvalue weighted by molar-refractivity contribution is 5.84. The Kier molecular flexibility index (Phi) is 15.5. The van der Waals surface area contributed by atoms with Crippen molar-refractivity contribution >= 4 is 27.7 Å². The van der Waals surface area contributed by atoms with Gasteiger partial charge >= 0.3 is 0 Å². The van der Waals surface area contributed by atoms with E-state index in [-0.39, 0.29) is 17.5 Å². The summed E-state index contributed by atoms with van der Waals surface area (Å²) >= 11 is 0. The van der Waals surface area contributed by atoms with E-state index in [2.05, 4.69) is 26.8 Å². The number of benzene rings is 2. The first kappa shape index (κ1) is 35.5. The topological polar surface area (TPSA) is 117 Å². The van der Waals surface area contributed by atoms with Gasteiger partial charge in [0.2, 0.25) is 5.91 Å². The maximum atomic E-state index is 13.4. The van der Waals surface area contributed by atoms with E-state index in [0.29, 0.717) is 35.2 Å². The van der Waals surface area contributed by atoms with Crippen LogP contribution in [0.25, 0.3) is 21.8 Å². The molecule has 2 aromatic heterocycles. The highest BCUT2D eigenvalue weighted by Crippen LogP contribution is 2.31. The smallest absolute Gasteiger partial charge is 0.217 e. The number of aromatic amines is 1. The van der Waals surface area contributed by atoms with Crippen molar-refractivity contribution in [2.75, 3.05) is 26.2 Å². The van der Waals surface area contributed by atoms with E-state index >= 15 is 0 Å². The number of rotatable bonds is 9. The number of nitrogens with one attached hydrogen (secondary N) is 1. The van der Waals surface area contributed by atoms with E-state index in [1.807, 2.05) is 39.8 Å². The number of aromatic hydroxyl groups is 1. The average Bonchev–Trinajstić information content (AvgIpc) is 3.65. The van der Waals surface area contributed by atoms with Crippen molar-refractivity contribution in [3.05, 3.63) is 59.4 Å². The van der Waals surface area contributed by atoms with Gasteiger partial charge in [-0.3, -0.25) is 4.79 Å². The number of ether oxygens (including phenoxy) is 1. The second-order valence-corrected chi connectivity index (χ2v) is 10.6. The zero-order valence-corrected chi connectivity index (χ0v) is 26.8. The van der Waals surface area contributed by atoms with Crippen molar-refractivity contribution in [3.63, 3.8) is 0 Å². The summed E-state index contributed by atoms with van der Waals surface area (Å²) in [5.74, 6) is 0.100. The lowest BCUT2D eigenvalue weighted by Gasteiger charge is -2.11. The third-order valence-corrected chi connectivity index (χ3v) is 7.04. The molecule has 0 unspecified atom stereocenters. The van der Waals surface area contributed by atoms with Crippen molar-refractivity contribution < 1.29 is 19.0 Å². The molecule has 236 valence electrons. The van der Waals surface area contributed by atoms with E-state index in [0.717, 1.165) is 41.6 Å². The number of amides is 1. The minimum Gasteiger partial charge on any atom is -0.504 e. The summed E-state index contributed by atoms with van der Waals surface area (Å²) in [5, 5.41) is 11.5. The van der Waals surface area contributed by atoms with Crippen LogP contribution < -0.4 is 10.5 Å². The van der Waals surface area contributed by atoms with Gasteiger partial charge in [-0.15, -0.1) is 0 Å². The summed E-state index contributed by atoms with van der Waals surface area (Å²) in [4.78, 5) is 24.5. The number of nitrogens with two attached hydrogens (primary N) is 1. The van der Waals surface area contributed by atoms with Crippen LogP contribution in [0.3, 0.4) is 0 Å². The van der Waals surface area contributed by atoms with Crippen LogP contribution in [0.2, 0.25) is 0 Å². The number of hydrogen-bond donors (Lipinski definition) is 3. The van der Waals surface area contributed by atoms with Gasteiger partial charge in [0.1, 0.15) is 12.1 Å². The number of fused-ring (bicyclic) bond motifs is 2. The number of H-pyrrole nitrogens is 1. The number of aryl methyl sites for hydroxylation is 3. The van der Waals surface area contributed by atoms with Crippen LogP contribution >= 0.6 is 0 Å². The molecular weight excluding hydrogens is 545 g/mol. The lowest BCUT2D eigenvalue weighted by molar-refractivity contribution is -0.118. The summed E-state index contributed by atoms with van der Waals surface area (Å²) in [6.07, 6.45) is 8.47. The quantitative estimate of drug-likeness (QED) is 0.172. The zero-order chi connectivity index (χ0) is 31.8. The Morgan fingerprint density at radius 3 is 2.44 bits per heavy atom. The molecule has 2 aromatic carbocycles. The molecule has 0 spiro atoms. The standard InChI is InChI=1S/C15H19N3O3.C10H10FN.C7H15N.C2H6/c1-10-11-7-14(13(19)8-12(11)18-9-17-10)21-6-4-2-3-5-15(16)20;1-6-3-4-9-8(10(6)11)5-7(2)12-9;1-2-5-8-6-3-4-7-8;1-2/h7-9,19H,2-6H2,1H3,(H2,16,20);3-5,12H,1-2H3;2-7H2,1H3;1-2H3. The zero-order valence-electron chi connectivity index (χ0n) is 26.8. The molecular formula is C34H50FN5O3. The molecule has 1 saturated heterocycles. The molecule has 4 aromatic rings. The lowest BCUT2D eigenvalue weighted by atomic mass is 10.1. The third kappa shape index (κ3) is 11.5. The van der Waals surface area contributed by atoms with Gasteiger partial charge in [0.15, 0.2) is 11.5 Å². The lowest BCUT2D eigenvalue weighted by Crippen LogP contribution is -2.19. The number of unbranched alkanes of at least 4 members (excludes halogenated alkanes) is 2. The molecule has 1 aliphatic rings. The van der Waals surface area contributed by atoms with E-state index in [1.54, 1.807) is 25.1 Å². The normalized spacial score (nSPS) is 12.5. The number of primary amides is 1. The predicted molar refractivity (Wildman–Crippen MR) is 174 cm³/mol. The van der Waals surface area contributed by atoms with E-state index < -0.39 is 0 Å². The maximum Gasteiger partial charge on any atom is 0.217 e. The molecule has 0 atom stereocenters. The number of likely N-dealkylation sites (tertiary alicyclic amines) is 1. The van der Waals surface area contributed by atoms with Gasteiger partial charge in [-0.25, -0.2) is 14.4 Å². The number of halogens is 1. The fourth-order valence-corrected chi connectivity index (χ4v) is 4.82. The van der Waals surface area contributed by atoms with Crippen LogP contribution in [0, 0.1) is 26.6 Å². The maximum absolute atomic E-state index is 13.4. The van der Waals surface area contributed by atoms with Gasteiger partial charge in [-0.1, -0.05) is 26.8 Å². The van der Waals surface area contributed by atoms with Crippen molar-refractivity contribution in [2.45, 2.75) is 86.5 Å². The second kappa shape index (κ2) is 18.7. The summed E-state index contributed by atoms with van der Waals surface area (Å²) < 4.78 is 19.0. The average molecular weight is 596 g/mol. The summed E-state index contributed by atoms with van der Waals surface area (Å²) in [6.45, 7) is 16.3. The molecule has 5 rings (SSSR count). The number of carbonyl (C=O) groups is 1. The number of hydrogen-bond acceptors (Lipinski definition) is 6. The molecule has 0 radical (unpaired) electrons. The molecule has 8 nitrogen and oxygen atoms in total. The predicted octanol–water partition coefficient (Wildman–Crippen LogP) is 7.51. The monoisotopic (exact) mass is 595 g/mol. The van der Waals surface area contributed by atoms with Crippen LogP contribution in [-0.4, -0.2) is 57.1 Å². The highest BCUT2D eigenvalue weighted by Gasteiger charge is 2.09. The SMILES string of the molecule is CC.CCCN1CCCC1.Cc1cc2c(F)c(C)ccc2[nH]1.Cc1ncnc2cc(O)c(OCCCCCC(N)=O)cc12. The minimum absolute atomic E-state index is 0.0673. The van der Waals surface area contributed by atoms with Crippen molar-refractivity contribution in [1.82, 2.24) is 19.9 Å². The summed E-state index contributed by atoms with van der Waals surface area (Å²) in [5.41, 5.74) is 9.16. The molecule has 9 heteroatoms. The Hall–Kier alpha value is -3.72. The van der Waals surface area contributed by atoms with E-state index in [9.17, 15) is 14.3 Å². The van der Waals surface area contributed by atoms with Gasteiger partial charge in [-0.2, -0.15) is 0 Å². The Morgan fingerprint density at radius 2 is 1.77 bits per heavy atom. The van der Waals surface area contributed by atoms with Crippen LogP contribution in [0.5, 0.6) is 11.5 Å². The molecule has 3 heterocycles. The van der Waals surface area contributed by atoms with Gasteiger partial charge in [-0.05, 0) is 103 Å². The number of nitrogens with zero attached hydrogens (tertiary/aromatic N) is 3.